The number of hydrogen-bond acceptors (Lipinski definition) is 4. The van der Waals surface area contributed by atoms with Crippen molar-refractivity contribution in [3.05, 3.63) is 11.6 Å². The normalized spacial score (nSPS) is 20.0. The van der Waals surface area contributed by atoms with Crippen LogP contribution in [0.3, 0.4) is 0 Å². The Balaban J connectivity index is 1.52. The fourth-order valence-electron chi connectivity index (χ4n) is 3.85. The van der Waals surface area contributed by atoms with Crippen LogP contribution in [0.4, 0.5) is 0 Å². The van der Waals surface area contributed by atoms with Gasteiger partial charge in [-0.05, 0) is 46.5 Å². The molecule has 1 aromatic rings. The summed E-state index contributed by atoms with van der Waals surface area (Å²) in [5.74, 6) is 3.11. The van der Waals surface area contributed by atoms with E-state index in [0.717, 1.165) is 56.5 Å². The van der Waals surface area contributed by atoms with Gasteiger partial charge in [-0.2, -0.15) is 0 Å². The lowest BCUT2D eigenvalue weighted by Gasteiger charge is -2.36. The van der Waals surface area contributed by atoms with Crippen molar-refractivity contribution < 1.29 is 4.74 Å². The molecule has 3 rings (SSSR count). The molecule has 2 aliphatic rings. The molecule has 0 aromatic carbocycles. The number of nitrogens with zero attached hydrogens (tertiary/aromatic N) is 5. The van der Waals surface area contributed by atoms with E-state index in [1.54, 1.807) is 0 Å². The largest absolute Gasteiger partial charge is 0.372 e. The second-order valence-corrected chi connectivity index (χ2v) is 8.31. The maximum atomic E-state index is 6.12. The molecule has 0 radical (unpaired) electrons. The van der Waals surface area contributed by atoms with Gasteiger partial charge >= 0.3 is 0 Å². The molecule has 26 heavy (non-hydrogen) atoms. The van der Waals surface area contributed by atoms with Gasteiger partial charge in [0.1, 0.15) is 5.82 Å². The smallest absolute Gasteiger partial charge is 0.194 e. The van der Waals surface area contributed by atoms with E-state index in [0.29, 0.717) is 12.6 Å². The van der Waals surface area contributed by atoms with Gasteiger partial charge < -0.3 is 19.5 Å². The number of ether oxygens (including phenoxy) is 1. The van der Waals surface area contributed by atoms with Crippen LogP contribution in [0.1, 0.15) is 64.5 Å². The summed E-state index contributed by atoms with van der Waals surface area (Å²) in [4.78, 5) is 6.80. The highest BCUT2D eigenvalue weighted by molar-refractivity contribution is 5.79. The molecule has 1 saturated heterocycles. The van der Waals surface area contributed by atoms with E-state index in [1.165, 1.54) is 19.3 Å². The summed E-state index contributed by atoms with van der Waals surface area (Å²) >= 11 is 0. The Labute approximate surface area is 157 Å². The second-order valence-electron chi connectivity index (χ2n) is 8.31. The van der Waals surface area contributed by atoms with Crippen molar-refractivity contribution in [2.24, 2.45) is 4.99 Å². The molecule has 2 aliphatic heterocycles. The molecule has 1 N–H and O–H groups in total. The topological polar surface area (TPSA) is 67.6 Å². The Morgan fingerprint density at radius 2 is 1.92 bits per heavy atom. The highest BCUT2D eigenvalue weighted by atomic mass is 16.5. The van der Waals surface area contributed by atoms with E-state index in [-0.39, 0.29) is 5.60 Å². The van der Waals surface area contributed by atoms with E-state index >= 15 is 0 Å². The first-order chi connectivity index (χ1) is 12.5. The minimum Gasteiger partial charge on any atom is -0.372 e. The first-order valence-corrected chi connectivity index (χ1v) is 10.0. The van der Waals surface area contributed by atoms with Crippen molar-refractivity contribution in [1.29, 1.82) is 0 Å². The maximum absolute atomic E-state index is 6.12. The molecule has 1 fully saturated rings. The van der Waals surface area contributed by atoms with Crippen LogP contribution in [0.5, 0.6) is 0 Å². The minimum atomic E-state index is -0.0712. The third-order valence-electron chi connectivity index (χ3n) is 5.06. The predicted octanol–water partition coefficient (Wildman–Crippen LogP) is 2.36. The van der Waals surface area contributed by atoms with Crippen molar-refractivity contribution in [1.82, 2.24) is 25.0 Å². The molecule has 146 valence electrons. The van der Waals surface area contributed by atoms with Gasteiger partial charge in [0.25, 0.3) is 0 Å². The summed E-state index contributed by atoms with van der Waals surface area (Å²) < 4.78 is 8.41. The number of piperidine rings is 1. The van der Waals surface area contributed by atoms with Crippen LogP contribution >= 0.6 is 0 Å². The molecule has 7 nitrogen and oxygen atoms in total. The SMILES string of the molecule is CN=C(NCc1nnc2n1CCCCC2)N1CCC(OC(C)(C)C)CC1. The van der Waals surface area contributed by atoms with Crippen LogP contribution in [0, 0.1) is 0 Å². The van der Waals surface area contributed by atoms with Gasteiger partial charge in [0.15, 0.2) is 11.8 Å². The van der Waals surface area contributed by atoms with Gasteiger partial charge in [-0.3, -0.25) is 4.99 Å². The van der Waals surface area contributed by atoms with Crippen LogP contribution in [0.25, 0.3) is 0 Å². The molecule has 0 amide bonds. The third kappa shape index (κ3) is 4.96. The van der Waals surface area contributed by atoms with Crippen LogP contribution in [-0.4, -0.2) is 57.5 Å². The summed E-state index contributed by atoms with van der Waals surface area (Å²) in [5, 5.41) is 12.3. The lowest BCUT2D eigenvalue weighted by Crippen LogP contribution is -2.47. The van der Waals surface area contributed by atoms with Gasteiger partial charge in [0, 0.05) is 33.1 Å². The molecule has 0 atom stereocenters. The van der Waals surface area contributed by atoms with E-state index in [1.807, 2.05) is 7.05 Å². The monoisotopic (exact) mass is 362 g/mol. The summed E-state index contributed by atoms with van der Waals surface area (Å²) in [6.45, 7) is 10.0. The first kappa shape index (κ1) is 19.1. The Bertz CT molecular complexity index is 610. The molecular formula is C19H34N6O. The van der Waals surface area contributed by atoms with Crippen LogP contribution < -0.4 is 5.32 Å². The molecular weight excluding hydrogens is 328 g/mol. The predicted molar refractivity (Wildman–Crippen MR) is 103 cm³/mol. The minimum absolute atomic E-state index is 0.0712. The molecule has 7 heteroatoms. The first-order valence-electron chi connectivity index (χ1n) is 10.0. The summed E-state index contributed by atoms with van der Waals surface area (Å²) in [7, 11) is 1.85. The zero-order valence-electron chi connectivity index (χ0n) is 16.8. The number of aromatic nitrogens is 3. The number of fused-ring (bicyclic) bond motifs is 1. The summed E-state index contributed by atoms with van der Waals surface area (Å²) in [6, 6.07) is 0. The molecule has 0 spiro atoms. The van der Waals surface area contributed by atoms with E-state index in [4.69, 9.17) is 4.74 Å². The molecule has 0 unspecified atom stereocenters. The Morgan fingerprint density at radius 1 is 1.15 bits per heavy atom. The Kier molecular flexibility index (Phi) is 6.16. The maximum Gasteiger partial charge on any atom is 0.194 e. The highest BCUT2D eigenvalue weighted by Gasteiger charge is 2.26. The lowest BCUT2D eigenvalue weighted by atomic mass is 10.1. The fourth-order valence-corrected chi connectivity index (χ4v) is 3.85. The van der Waals surface area contributed by atoms with Crippen molar-refractivity contribution >= 4 is 5.96 Å². The number of hydrogen-bond donors (Lipinski definition) is 1. The second kappa shape index (κ2) is 8.37. The van der Waals surface area contributed by atoms with E-state index in [9.17, 15) is 0 Å². The Hall–Kier alpha value is -1.63. The molecule has 1 aromatic heterocycles. The van der Waals surface area contributed by atoms with Gasteiger partial charge in [0.2, 0.25) is 0 Å². The molecule has 0 saturated carbocycles. The average Bonchev–Trinajstić information content (AvgIpc) is 2.82. The zero-order valence-corrected chi connectivity index (χ0v) is 16.8. The summed E-state index contributed by atoms with van der Waals surface area (Å²) in [5.41, 5.74) is -0.0712. The molecule has 0 aliphatic carbocycles. The molecule has 0 bridgehead atoms. The standard InChI is InChI=1S/C19H34N6O/c1-19(2,3)26-15-9-12-24(13-10-15)18(20-4)21-14-17-23-22-16-8-6-5-7-11-25(16)17/h15H,5-14H2,1-4H3,(H,20,21). The van der Waals surface area contributed by atoms with Crippen molar-refractivity contribution in [2.45, 2.75) is 84.1 Å². The van der Waals surface area contributed by atoms with Crippen molar-refractivity contribution in [2.75, 3.05) is 20.1 Å². The Morgan fingerprint density at radius 3 is 2.62 bits per heavy atom. The fraction of sp³-hybridized carbons (Fsp3) is 0.842. The quantitative estimate of drug-likeness (QED) is 0.660. The van der Waals surface area contributed by atoms with Gasteiger partial charge in [-0.15, -0.1) is 10.2 Å². The molecule has 3 heterocycles. The number of aryl methyl sites for hydroxylation is 1. The highest BCUT2D eigenvalue weighted by Crippen LogP contribution is 2.20. The number of guanidine groups is 1. The van der Waals surface area contributed by atoms with Crippen LogP contribution in [0.15, 0.2) is 4.99 Å². The average molecular weight is 363 g/mol. The van der Waals surface area contributed by atoms with Gasteiger partial charge in [0.05, 0.1) is 18.2 Å². The van der Waals surface area contributed by atoms with E-state index in [2.05, 4.69) is 50.7 Å². The van der Waals surface area contributed by atoms with Gasteiger partial charge in [-0.1, -0.05) is 6.42 Å². The van der Waals surface area contributed by atoms with Crippen molar-refractivity contribution in [3.8, 4) is 0 Å². The van der Waals surface area contributed by atoms with Crippen LogP contribution in [-0.2, 0) is 24.2 Å². The number of nitrogens with one attached hydrogen (secondary N) is 1. The van der Waals surface area contributed by atoms with Gasteiger partial charge in [-0.25, -0.2) is 0 Å². The lowest BCUT2D eigenvalue weighted by molar-refractivity contribution is -0.0772. The van der Waals surface area contributed by atoms with E-state index < -0.39 is 0 Å². The van der Waals surface area contributed by atoms with Crippen molar-refractivity contribution in [3.63, 3.8) is 0 Å². The number of rotatable bonds is 3. The third-order valence-corrected chi connectivity index (χ3v) is 5.06. The number of aliphatic imine (C=N–C) groups is 1. The zero-order chi connectivity index (χ0) is 18.6. The number of likely N-dealkylation sites (tertiary alicyclic amines) is 1. The van der Waals surface area contributed by atoms with Crippen LogP contribution in [0.2, 0.25) is 0 Å². The summed E-state index contributed by atoms with van der Waals surface area (Å²) in [6.07, 6.45) is 7.19.